The van der Waals surface area contributed by atoms with E-state index in [1.807, 2.05) is 0 Å². The lowest BCUT2D eigenvalue weighted by Gasteiger charge is -2.33. The lowest BCUT2D eigenvalue weighted by atomic mass is 9.92. The second kappa shape index (κ2) is 10.6. The van der Waals surface area contributed by atoms with Crippen molar-refractivity contribution in [2.24, 2.45) is 0 Å². The molecule has 0 aliphatic rings. The van der Waals surface area contributed by atoms with Crippen molar-refractivity contribution < 1.29 is 44.7 Å². The van der Waals surface area contributed by atoms with Gasteiger partial charge in [-0.1, -0.05) is 35.5 Å². The monoisotopic (exact) mass is 598 g/mol. The minimum Gasteiger partial charge on any atom is -0.369 e. The van der Waals surface area contributed by atoms with Crippen LogP contribution in [-0.2, 0) is 22.2 Å². The summed E-state index contributed by atoms with van der Waals surface area (Å²) in [7, 11) is -4.42. The summed E-state index contributed by atoms with van der Waals surface area (Å²) in [4.78, 5) is 11.3. The Bertz CT molecular complexity index is 1620. The fourth-order valence-electron chi connectivity index (χ4n) is 3.88. The molecule has 0 spiro atoms. The van der Waals surface area contributed by atoms with E-state index in [1.54, 1.807) is 30.3 Å². The summed E-state index contributed by atoms with van der Waals surface area (Å²) >= 11 is 0. The molecule has 0 unspecified atom stereocenters. The van der Waals surface area contributed by atoms with Gasteiger partial charge in [0.25, 0.3) is 15.6 Å². The van der Waals surface area contributed by atoms with Crippen molar-refractivity contribution in [3.8, 4) is 5.69 Å². The van der Waals surface area contributed by atoms with Crippen LogP contribution in [0.2, 0.25) is 0 Å². The average Bonchev–Trinajstić information content (AvgIpc) is 3.39. The summed E-state index contributed by atoms with van der Waals surface area (Å²) in [5.41, 5.74) is -6.02. The summed E-state index contributed by atoms with van der Waals surface area (Å²) in [5.74, 6) is -0.160. The summed E-state index contributed by atoms with van der Waals surface area (Å²) in [6.45, 7) is 0.883. The molecular weight excluding hydrogens is 578 g/mol. The Hall–Kier alpha value is -4.24. The second-order valence-corrected chi connectivity index (χ2v) is 10.7. The maximum Gasteiger partial charge on any atom is 0.430 e. The first-order valence-corrected chi connectivity index (χ1v) is 13.1. The van der Waals surface area contributed by atoms with Crippen LogP contribution in [0.1, 0.15) is 28.5 Å². The smallest absolute Gasteiger partial charge is 0.369 e. The summed E-state index contributed by atoms with van der Waals surface area (Å²) in [6.07, 6.45) is -10.8. The van der Waals surface area contributed by atoms with Gasteiger partial charge in [-0.25, -0.2) is 13.1 Å². The number of nitrogens with zero attached hydrogens (tertiary/aromatic N) is 4. The molecular formula is C26H20F6N4O4S. The number of carbonyl (C=O) groups is 1. The van der Waals surface area contributed by atoms with Crippen LogP contribution in [0.4, 0.5) is 32.0 Å². The highest BCUT2D eigenvalue weighted by atomic mass is 32.2. The van der Waals surface area contributed by atoms with Gasteiger partial charge in [-0.2, -0.15) is 26.3 Å². The van der Waals surface area contributed by atoms with E-state index >= 15 is 0 Å². The molecule has 1 N–H and O–H groups in total. The number of aliphatic hydroxyl groups is 1. The number of alkyl halides is 6. The van der Waals surface area contributed by atoms with E-state index in [4.69, 9.17) is 0 Å². The van der Waals surface area contributed by atoms with E-state index < -0.39 is 40.1 Å². The summed E-state index contributed by atoms with van der Waals surface area (Å²) in [6, 6.07) is 15.4. The number of anilines is 1. The zero-order chi connectivity index (χ0) is 30.2. The van der Waals surface area contributed by atoms with Gasteiger partial charge in [0, 0.05) is 11.1 Å². The van der Waals surface area contributed by atoms with Crippen LogP contribution in [0.15, 0.2) is 90.0 Å². The molecule has 15 heteroatoms. The lowest BCUT2D eigenvalue weighted by Crippen LogP contribution is -2.53. The Morgan fingerprint density at radius 1 is 0.878 bits per heavy atom. The van der Waals surface area contributed by atoms with E-state index in [9.17, 15) is 44.7 Å². The first-order valence-electron chi connectivity index (χ1n) is 11.6. The van der Waals surface area contributed by atoms with E-state index in [2.05, 4.69) is 10.3 Å². The number of hydrogen-bond donors (Lipinski definition) is 1. The van der Waals surface area contributed by atoms with E-state index in [-0.39, 0.29) is 22.1 Å². The van der Waals surface area contributed by atoms with Gasteiger partial charge in [-0.15, -0.1) is 5.10 Å². The number of ketones is 1. The minimum absolute atomic E-state index is 0.0753. The number of Topliss-reactive ketones (excluding diaryl/α,β-unsaturated/α-hetero) is 1. The van der Waals surface area contributed by atoms with Crippen LogP contribution >= 0.6 is 0 Å². The maximum atomic E-state index is 13.5. The number of sulfonamides is 1. The van der Waals surface area contributed by atoms with E-state index in [0.29, 0.717) is 23.4 Å². The normalized spacial score (nSPS) is 12.8. The van der Waals surface area contributed by atoms with Crippen molar-refractivity contribution in [3.63, 3.8) is 0 Å². The molecule has 8 nitrogen and oxygen atoms in total. The van der Waals surface area contributed by atoms with Gasteiger partial charge in [0.15, 0.2) is 5.78 Å². The zero-order valence-electron chi connectivity index (χ0n) is 20.9. The SMILES string of the molecule is CC(=O)c1ccc(-n2cc(CN(c3ccc(C(O)(C(F)(F)F)C(F)(F)F)cc3)S(=O)(=O)c3ccccc3)nn2)cc1. The van der Waals surface area contributed by atoms with Crippen LogP contribution in [0.3, 0.4) is 0 Å². The number of aromatic nitrogens is 3. The van der Waals surface area contributed by atoms with Crippen molar-refractivity contribution >= 4 is 21.5 Å². The first-order chi connectivity index (χ1) is 19.1. The molecule has 4 rings (SSSR count). The molecule has 41 heavy (non-hydrogen) atoms. The molecule has 0 fully saturated rings. The molecule has 0 saturated heterocycles. The highest BCUT2D eigenvalue weighted by Gasteiger charge is 2.71. The van der Waals surface area contributed by atoms with E-state index in [0.717, 1.165) is 16.4 Å². The standard InChI is InChI=1S/C26H20F6N4O4S/c1-17(37)18-7-11-21(12-8-18)35-15-20(33-34-35)16-36(41(39,40)23-5-3-2-4-6-23)22-13-9-19(10-14-22)24(38,25(27,28)29)26(30,31)32/h2-15,38H,16H2,1H3. The largest absolute Gasteiger partial charge is 0.430 e. The number of rotatable bonds is 8. The molecule has 216 valence electrons. The third-order valence-electron chi connectivity index (χ3n) is 6.11. The number of benzene rings is 3. The molecule has 0 aliphatic carbocycles. The van der Waals surface area contributed by atoms with Gasteiger partial charge in [0.1, 0.15) is 5.69 Å². The average molecular weight is 599 g/mol. The van der Waals surface area contributed by atoms with Crippen molar-refractivity contribution in [1.82, 2.24) is 15.0 Å². The Morgan fingerprint density at radius 3 is 1.95 bits per heavy atom. The van der Waals surface area contributed by atoms with Gasteiger partial charge >= 0.3 is 12.4 Å². The predicted molar refractivity (Wildman–Crippen MR) is 134 cm³/mol. The van der Waals surface area contributed by atoms with E-state index in [1.165, 1.54) is 42.1 Å². The van der Waals surface area contributed by atoms with Crippen LogP contribution < -0.4 is 4.31 Å². The van der Waals surface area contributed by atoms with Gasteiger partial charge in [-0.3, -0.25) is 9.10 Å². The van der Waals surface area contributed by atoms with Crippen LogP contribution in [0.25, 0.3) is 5.69 Å². The molecule has 0 saturated carbocycles. The van der Waals surface area contributed by atoms with Crippen molar-refractivity contribution in [1.29, 1.82) is 0 Å². The Morgan fingerprint density at radius 2 is 1.44 bits per heavy atom. The molecule has 3 aromatic carbocycles. The molecule has 0 radical (unpaired) electrons. The Labute approximate surface area is 229 Å². The van der Waals surface area contributed by atoms with Crippen molar-refractivity contribution in [3.05, 3.63) is 102 Å². The van der Waals surface area contributed by atoms with Crippen molar-refractivity contribution in [2.75, 3.05) is 4.31 Å². The van der Waals surface area contributed by atoms with Gasteiger partial charge in [0.2, 0.25) is 0 Å². The predicted octanol–water partition coefficient (Wildman–Crippen LogP) is 5.18. The molecule has 1 heterocycles. The third kappa shape index (κ3) is 5.67. The van der Waals surface area contributed by atoms with Crippen molar-refractivity contribution in [2.45, 2.75) is 36.3 Å². The molecule has 0 bridgehead atoms. The summed E-state index contributed by atoms with van der Waals surface area (Å²) in [5, 5.41) is 17.6. The molecule has 1 aromatic heterocycles. The number of hydrogen-bond acceptors (Lipinski definition) is 6. The third-order valence-corrected chi connectivity index (χ3v) is 7.90. The molecule has 0 amide bonds. The van der Waals surface area contributed by atoms with Crippen LogP contribution in [0.5, 0.6) is 0 Å². The minimum atomic E-state index is -6.11. The fraction of sp³-hybridized carbons (Fsp3) is 0.192. The fourth-order valence-corrected chi connectivity index (χ4v) is 5.34. The zero-order valence-corrected chi connectivity index (χ0v) is 21.7. The molecule has 0 atom stereocenters. The van der Waals surface area contributed by atoms with Gasteiger partial charge < -0.3 is 5.11 Å². The topological polar surface area (TPSA) is 105 Å². The Kier molecular flexibility index (Phi) is 7.71. The maximum absolute atomic E-state index is 13.5. The van der Waals surface area contributed by atoms with Crippen LogP contribution in [0, 0.1) is 0 Å². The molecule has 4 aromatic rings. The quantitative estimate of drug-likeness (QED) is 0.222. The second-order valence-electron chi connectivity index (χ2n) is 8.84. The summed E-state index contributed by atoms with van der Waals surface area (Å²) < 4.78 is 109. The van der Waals surface area contributed by atoms with Crippen LogP contribution in [-0.4, -0.2) is 46.7 Å². The highest BCUT2D eigenvalue weighted by Crippen LogP contribution is 2.50. The number of carbonyl (C=O) groups excluding carboxylic acids is 1. The lowest BCUT2D eigenvalue weighted by molar-refractivity contribution is -0.376. The van der Waals surface area contributed by atoms with Gasteiger partial charge in [0.05, 0.1) is 29.0 Å². The first kappa shape index (κ1) is 29.7. The number of halogens is 6. The molecule has 0 aliphatic heterocycles. The Balaban J connectivity index is 1.74. The highest BCUT2D eigenvalue weighted by molar-refractivity contribution is 7.92. The van der Waals surface area contributed by atoms with Gasteiger partial charge in [-0.05, 0) is 55.5 Å².